The predicted octanol–water partition coefficient (Wildman–Crippen LogP) is 4.39. The van der Waals surface area contributed by atoms with Crippen LogP contribution in [0, 0.1) is 5.92 Å². The highest BCUT2D eigenvalue weighted by molar-refractivity contribution is 6.07. The molecule has 1 aliphatic rings. The van der Waals surface area contributed by atoms with Crippen molar-refractivity contribution in [2.75, 3.05) is 30.0 Å². The largest absolute Gasteiger partial charge is 0.493 e. The number of carbonyl (C=O) groups is 1. The molecule has 0 bridgehead atoms. The number of rotatable bonds is 7. The number of hydrogen-bond acceptors (Lipinski definition) is 6. The van der Waals surface area contributed by atoms with Gasteiger partial charge in [0.05, 0.1) is 31.0 Å². The van der Waals surface area contributed by atoms with Gasteiger partial charge < -0.3 is 24.8 Å². The number of aromatic nitrogens is 1. The number of aliphatic hydroxyl groups excluding tert-OH is 1. The maximum absolute atomic E-state index is 13.0. The van der Waals surface area contributed by atoms with Gasteiger partial charge in [-0.1, -0.05) is 26.0 Å². The first kappa shape index (κ1) is 21.6. The van der Waals surface area contributed by atoms with Crippen LogP contribution in [0.1, 0.15) is 29.8 Å². The third-order valence-corrected chi connectivity index (χ3v) is 5.05. The fourth-order valence-electron chi connectivity index (χ4n) is 3.43. The van der Waals surface area contributed by atoms with Gasteiger partial charge in [0.1, 0.15) is 18.2 Å². The number of hydrogen-bond donors (Lipinski definition) is 2. The lowest BCUT2D eigenvalue weighted by Gasteiger charge is -2.31. The summed E-state index contributed by atoms with van der Waals surface area (Å²) in [7, 11) is 0. The van der Waals surface area contributed by atoms with Gasteiger partial charge in [0.15, 0.2) is 5.75 Å². The molecule has 2 N–H and O–H groups in total. The third kappa shape index (κ3) is 4.84. The zero-order valence-corrected chi connectivity index (χ0v) is 18.2. The molecule has 0 radical (unpaired) electrons. The lowest BCUT2D eigenvalue weighted by Crippen LogP contribution is -2.30. The second-order valence-electron chi connectivity index (χ2n) is 8.02. The number of ether oxygens (including phenoxy) is 2. The topological polar surface area (TPSA) is 83.9 Å². The number of nitrogens with zero attached hydrogens (tertiary/aromatic N) is 2. The molecule has 0 spiro atoms. The van der Waals surface area contributed by atoms with Crippen molar-refractivity contribution in [1.29, 1.82) is 0 Å². The molecule has 0 saturated heterocycles. The minimum atomic E-state index is -0.247. The first-order valence-electron chi connectivity index (χ1n) is 10.7. The number of para-hydroxylation sites is 1. The Bertz CT molecular complexity index is 1070. The smallest absolute Gasteiger partial charge is 0.259 e. The van der Waals surface area contributed by atoms with Crippen LogP contribution in [0.4, 0.5) is 17.2 Å². The first-order valence-corrected chi connectivity index (χ1v) is 10.7. The number of benzene rings is 2. The Kier molecular flexibility index (Phi) is 6.56. The van der Waals surface area contributed by atoms with Crippen LogP contribution in [0.2, 0.25) is 0 Å². The van der Waals surface area contributed by atoms with Gasteiger partial charge in [-0.2, -0.15) is 0 Å². The standard InChI is InChI=1S/C25H27N3O4/c1-17(2)16-32-20-9-7-19(8-10-20)27-25(30)21-4-3-5-22-24(21)31-13-12-28(22)23-11-6-18(15-29)14-26-23/h3-11,14,17,29H,12-13,15-16H2,1-2H3,(H,27,30). The maximum Gasteiger partial charge on any atom is 0.259 e. The van der Waals surface area contributed by atoms with E-state index in [2.05, 4.69) is 24.1 Å². The number of pyridine rings is 1. The summed E-state index contributed by atoms with van der Waals surface area (Å²) in [6.45, 7) is 5.83. The van der Waals surface area contributed by atoms with Crippen molar-refractivity contribution in [2.24, 2.45) is 5.92 Å². The number of nitrogens with one attached hydrogen (secondary N) is 1. The minimum Gasteiger partial charge on any atom is -0.493 e. The van der Waals surface area contributed by atoms with Crippen molar-refractivity contribution >= 4 is 23.1 Å². The molecule has 4 rings (SSSR count). The summed E-state index contributed by atoms with van der Waals surface area (Å²) in [6.07, 6.45) is 1.65. The van der Waals surface area contributed by atoms with Gasteiger partial charge >= 0.3 is 0 Å². The van der Waals surface area contributed by atoms with E-state index >= 15 is 0 Å². The van der Waals surface area contributed by atoms with E-state index in [4.69, 9.17) is 9.47 Å². The van der Waals surface area contributed by atoms with E-state index in [0.29, 0.717) is 42.7 Å². The van der Waals surface area contributed by atoms with E-state index in [1.165, 1.54) is 0 Å². The Morgan fingerprint density at radius 1 is 1.19 bits per heavy atom. The number of carbonyl (C=O) groups excluding carboxylic acids is 1. The van der Waals surface area contributed by atoms with Gasteiger partial charge in [-0.05, 0) is 53.9 Å². The van der Waals surface area contributed by atoms with Crippen molar-refractivity contribution in [2.45, 2.75) is 20.5 Å². The van der Waals surface area contributed by atoms with E-state index < -0.39 is 0 Å². The molecule has 0 unspecified atom stereocenters. The van der Waals surface area contributed by atoms with Gasteiger partial charge in [-0.25, -0.2) is 4.98 Å². The SMILES string of the molecule is CC(C)COc1ccc(NC(=O)c2cccc3c2OCCN3c2ccc(CO)cn2)cc1. The van der Waals surface area contributed by atoms with E-state index in [1.807, 2.05) is 53.4 Å². The zero-order chi connectivity index (χ0) is 22.5. The molecule has 7 heteroatoms. The normalized spacial score (nSPS) is 12.8. The number of aliphatic hydroxyl groups is 1. The quantitative estimate of drug-likeness (QED) is 0.575. The highest BCUT2D eigenvalue weighted by atomic mass is 16.5. The Morgan fingerprint density at radius 2 is 2.00 bits per heavy atom. The van der Waals surface area contributed by atoms with E-state index in [-0.39, 0.29) is 12.5 Å². The van der Waals surface area contributed by atoms with Gasteiger partial charge in [0.2, 0.25) is 0 Å². The highest BCUT2D eigenvalue weighted by Gasteiger charge is 2.25. The molecule has 1 aliphatic heterocycles. The van der Waals surface area contributed by atoms with Crippen molar-refractivity contribution < 1.29 is 19.4 Å². The molecule has 2 heterocycles. The molecular weight excluding hydrogens is 406 g/mol. The number of anilines is 3. The summed E-state index contributed by atoms with van der Waals surface area (Å²) < 4.78 is 11.6. The second kappa shape index (κ2) is 9.70. The van der Waals surface area contributed by atoms with Crippen molar-refractivity contribution in [3.8, 4) is 11.5 Å². The van der Waals surface area contributed by atoms with Crippen LogP contribution in [0.5, 0.6) is 11.5 Å². The molecule has 2 aromatic carbocycles. The van der Waals surface area contributed by atoms with E-state index in [1.54, 1.807) is 12.3 Å². The highest BCUT2D eigenvalue weighted by Crippen LogP contribution is 2.38. The van der Waals surface area contributed by atoms with Crippen LogP contribution in [0.25, 0.3) is 0 Å². The van der Waals surface area contributed by atoms with Gasteiger partial charge in [0, 0.05) is 11.9 Å². The van der Waals surface area contributed by atoms with Crippen LogP contribution in [-0.4, -0.2) is 35.8 Å². The van der Waals surface area contributed by atoms with Gasteiger partial charge in [-0.15, -0.1) is 0 Å². The maximum atomic E-state index is 13.0. The number of fused-ring (bicyclic) bond motifs is 1. The Hall–Kier alpha value is -3.58. The molecule has 7 nitrogen and oxygen atoms in total. The molecule has 3 aromatic rings. The van der Waals surface area contributed by atoms with Crippen LogP contribution in [-0.2, 0) is 6.61 Å². The minimum absolute atomic E-state index is 0.0534. The van der Waals surface area contributed by atoms with Gasteiger partial charge in [-0.3, -0.25) is 4.79 Å². The van der Waals surface area contributed by atoms with Gasteiger partial charge in [0.25, 0.3) is 5.91 Å². The average Bonchev–Trinajstić information content (AvgIpc) is 2.83. The van der Waals surface area contributed by atoms with Crippen molar-refractivity contribution in [3.05, 3.63) is 71.9 Å². The molecule has 0 atom stereocenters. The molecule has 32 heavy (non-hydrogen) atoms. The third-order valence-electron chi connectivity index (χ3n) is 5.05. The van der Waals surface area contributed by atoms with Crippen LogP contribution in [0.15, 0.2) is 60.8 Å². The average molecular weight is 434 g/mol. The number of amides is 1. The molecule has 1 aromatic heterocycles. The lowest BCUT2D eigenvalue weighted by molar-refractivity contribution is 0.102. The predicted molar refractivity (Wildman–Crippen MR) is 124 cm³/mol. The molecule has 0 fully saturated rings. The van der Waals surface area contributed by atoms with Crippen LogP contribution in [0.3, 0.4) is 0 Å². The van der Waals surface area contributed by atoms with E-state index in [9.17, 15) is 9.90 Å². The Balaban J connectivity index is 1.52. The van der Waals surface area contributed by atoms with Crippen molar-refractivity contribution in [1.82, 2.24) is 4.98 Å². The fourth-order valence-corrected chi connectivity index (χ4v) is 3.43. The Morgan fingerprint density at radius 3 is 2.69 bits per heavy atom. The molecular formula is C25H27N3O4. The van der Waals surface area contributed by atoms with E-state index in [0.717, 1.165) is 22.8 Å². The summed E-state index contributed by atoms with van der Waals surface area (Å²) in [5.41, 5.74) is 2.67. The molecule has 1 amide bonds. The monoisotopic (exact) mass is 433 g/mol. The fraction of sp³-hybridized carbons (Fsp3) is 0.280. The van der Waals surface area contributed by atoms with Crippen molar-refractivity contribution in [3.63, 3.8) is 0 Å². The Labute approximate surface area is 187 Å². The molecule has 0 aliphatic carbocycles. The molecule has 0 saturated carbocycles. The molecule has 166 valence electrons. The first-order chi connectivity index (χ1) is 15.5. The van der Waals surface area contributed by atoms with Crippen LogP contribution >= 0.6 is 0 Å². The summed E-state index contributed by atoms with van der Waals surface area (Å²) >= 11 is 0. The summed E-state index contributed by atoms with van der Waals surface area (Å²) in [5, 5.41) is 12.2. The summed E-state index contributed by atoms with van der Waals surface area (Å²) in [4.78, 5) is 19.5. The second-order valence-corrected chi connectivity index (χ2v) is 8.02. The lowest BCUT2D eigenvalue weighted by atomic mass is 10.1. The zero-order valence-electron chi connectivity index (χ0n) is 18.2. The van der Waals surface area contributed by atoms with Crippen LogP contribution < -0.4 is 19.7 Å². The summed E-state index contributed by atoms with van der Waals surface area (Å²) in [6, 6.07) is 16.5. The summed E-state index contributed by atoms with van der Waals surface area (Å²) in [5.74, 6) is 2.24.